The summed E-state index contributed by atoms with van der Waals surface area (Å²) in [4.78, 5) is 12.3. The summed E-state index contributed by atoms with van der Waals surface area (Å²) in [7, 11) is 0. The molecule has 0 bridgehead atoms. The highest BCUT2D eigenvalue weighted by molar-refractivity contribution is 6.52. The van der Waals surface area contributed by atoms with E-state index in [0.29, 0.717) is 23.1 Å². The maximum absolute atomic E-state index is 13.1. The number of nitrogens with one attached hydrogen (secondary N) is 1. The molecule has 0 atom stereocenters. The number of hydrazone groups is 1. The Morgan fingerprint density at radius 3 is 2.56 bits per heavy atom. The lowest BCUT2D eigenvalue weighted by atomic mass is 10.1. The predicted octanol–water partition coefficient (Wildman–Crippen LogP) is 3.42. The first-order valence-electron chi connectivity index (χ1n) is 6.78. The van der Waals surface area contributed by atoms with Gasteiger partial charge in [0.05, 0.1) is 11.1 Å². The molecular formula is C16H7F3N4O2. The molecule has 6 nitrogen and oxygen atoms in total. The molecule has 0 aliphatic rings. The van der Waals surface area contributed by atoms with Crippen molar-refractivity contribution < 1.29 is 22.5 Å². The Morgan fingerprint density at radius 2 is 1.88 bits per heavy atom. The average molecular weight is 344 g/mol. The molecule has 0 aliphatic heterocycles. The quantitative estimate of drug-likeness (QED) is 0.339. The van der Waals surface area contributed by atoms with Gasteiger partial charge in [0, 0.05) is 12.1 Å². The van der Waals surface area contributed by atoms with Crippen LogP contribution in [0.1, 0.15) is 10.5 Å². The van der Waals surface area contributed by atoms with E-state index in [0.717, 1.165) is 0 Å². The van der Waals surface area contributed by atoms with Gasteiger partial charge in [-0.3, -0.25) is 10.2 Å². The molecule has 1 heterocycles. The van der Waals surface area contributed by atoms with Crippen molar-refractivity contribution in [2.24, 2.45) is 5.10 Å². The minimum absolute atomic E-state index is 0.130. The number of hydrogen-bond acceptors (Lipinski definition) is 6. The number of fused-ring (bicyclic) bond motifs is 1. The van der Waals surface area contributed by atoms with Crippen LogP contribution in [0.4, 0.5) is 18.9 Å². The fraction of sp³-hybridized carbons (Fsp3) is 0. The molecule has 3 aromatic rings. The number of aromatic nitrogens is 1. The molecule has 0 saturated carbocycles. The van der Waals surface area contributed by atoms with E-state index in [1.807, 2.05) is 0 Å². The molecule has 0 radical (unpaired) electrons. The molecule has 3 rings (SSSR count). The third-order valence-corrected chi connectivity index (χ3v) is 3.19. The summed E-state index contributed by atoms with van der Waals surface area (Å²) < 4.78 is 44.2. The molecule has 2 aromatic carbocycles. The number of carbonyl (C=O) groups is 1. The highest BCUT2D eigenvalue weighted by Crippen LogP contribution is 2.19. The zero-order valence-electron chi connectivity index (χ0n) is 12.3. The van der Waals surface area contributed by atoms with Crippen LogP contribution in [0.3, 0.4) is 0 Å². The Hall–Kier alpha value is -3.67. The minimum atomic E-state index is -1.64. The lowest BCUT2D eigenvalue weighted by Crippen LogP contribution is -2.15. The van der Waals surface area contributed by atoms with Crippen molar-refractivity contribution >= 4 is 28.2 Å². The number of benzene rings is 2. The van der Waals surface area contributed by atoms with Gasteiger partial charge < -0.3 is 4.52 Å². The van der Waals surface area contributed by atoms with Crippen LogP contribution >= 0.6 is 0 Å². The molecule has 0 aliphatic carbocycles. The van der Waals surface area contributed by atoms with Gasteiger partial charge >= 0.3 is 0 Å². The number of hydrogen-bond donors (Lipinski definition) is 1. The van der Waals surface area contributed by atoms with E-state index in [2.05, 4.69) is 15.7 Å². The van der Waals surface area contributed by atoms with Crippen LogP contribution < -0.4 is 5.43 Å². The van der Waals surface area contributed by atoms with Crippen molar-refractivity contribution in [2.45, 2.75) is 0 Å². The number of ketones is 1. The van der Waals surface area contributed by atoms with Crippen molar-refractivity contribution in [3.63, 3.8) is 0 Å². The van der Waals surface area contributed by atoms with E-state index in [4.69, 9.17) is 9.78 Å². The summed E-state index contributed by atoms with van der Waals surface area (Å²) in [6.07, 6.45) is 0. The van der Waals surface area contributed by atoms with Crippen LogP contribution in [-0.4, -0.2) is 16.7 Å². The smallest absolute Gasteiger partial charge is 0.246 e. The van der Waals surface area contributed by atoms with Crippen molar-refractivity contribution in [1.82, 2.24) is 5.16 Å². The molecule has 0 fully saturated rings. The molecular weight excluding hydrogens is 337 g/mol. The first kappa shape index (κ1) is 16.2. The highest BCUT2D eigenvalue weighted by Gasteiger charge is 2.21. The van der Waals surface area contributed by atoms with E-state index in [9.17, 15) is 18.0 Å². The zero-order chi connectivity index (χ0) is 18.0. The van der Waals surface area contributed by atoms with Crippen LogP contribution in [0, 0.1) is 28.8 Å². The van der Waals surface area contributed by atoms with Crippen molar-refractivity contribution in [3.05, 3.63) is 59.5 Å². The summed E-state index contributed by atoms with van der Waals surface area (Å²) in [5.41, 5.74) is 1.45. The number of para-hydroxylation sites is 1. The second-order valence-corrected chi connectivity index (χ2v) is 4.79. The number of nitriles is 1. The number of nitrogens with zero attached hydrogens (tertiary/aromatic N) is 3. The van der Waals surface area contributed by atoms with Gasteiger partial charge in [-0.1, -0.05) is 17.3 Å². The first-order valence-corrected chi connectivity index (χ1v) is 6.78. The summed E-state index contributed by atoms with van der Waals surface area (Å²) in [5, 5.41) is 16.6. The molecule has 25 heavy (non-hydrogen) atoms. The number of carbonyl (C=O) groups excluding carboxylic acids is 1. The molecule has 0 spiro atoms. The monoisotopic (exact) mass is 344 g/mol. The number of Topliss-reactive ketones (excluding diaryl/α,β-unsaturated/α-hetero) is 1. The Labute approximate surface area is 138 Å². The largest absolute Gasteiger partial charge is 0.356 e. The zero-order valence-corrected chi connectivity index (χ0v) is 12.3. The Kier molecular flexibility index (Phi) is 4.18. The molecule has 124 valence electrons. The second kappa shape index (κ2) is 6.45. The Morgan fingerprint density at radius 1 is 1.20 bits per heavy atom. The van der Waals surface area contributed by atoms with Gasteiger partial charge in [-0.05, 0) is 12.1 Å². The van der Waals surface area contributed by atoms with Crippen LogP contribution in [-0.2, 0) is 0 Å². The maximum atomic E-state index is 13.1. The van der Waals surface area contributed by atoms with Crippen molar-refractivity contribution in [1.29, 1.82) is 5.26 Å². The van der Waals surface area contributed by atoms with Gasteiger partial charge in [0.25, 0.3) is 0 Å². The summed E-state index contributed by atoms with van der Waals surface area (Å²) in [5.74, 6) is -5.36. The van der Waals surface area contributed by atoms with Gasteiger partial charge in [0.2, 0.25) is 11.5 Å². The van der Waals surface area contributed by atoms with E-state index in [-0.39, 0.29) is 11.4 Å². The van der Waals surface area contributed by atoms with Crippen LogP contribution in [0.15, 0.2) is 46.0 Å². The van der Waals surface area contributed by atoms with Gasteiger partial charge in [-0.25, -0.2) is 13.2 Å². The number of halogens is 3. The maximum Gasteiger partial charge on any atom is 0.246 e. The van der Waals surface area contributed by atoms with E-state index in [1.165, 1.54) is 0 Å². The normalized spacial score (nSPS) is 11.4. The topological polar surface area (TPSA) is 91.3 Å². The van der Waals surface area contributed by atoms with E-state index in [1.54, 1.807) is 30.3 Å². The molecule has 0 unspecified atom stereocenters. The predicted molar refractivity (Wildman–Crippen MR) is 81.3 cm³/mol. The Bertz CT molecular complexity index is 1030. The number of anilines is 1. The molecule has 9 heteroatoms. The fourth-order valence-corrected chi connectivity index (χ4v) is 2.03. The minimum Gasteiger partial charge on any atom is -0.356 e. The standard InChI is InChI=1S/C16H7F3N4O2/c17-10-5-8(6-11(18)14(10)19)21-22-12(7-20)16(24)15-9-3-1-2-4-13(9)25-23-15/h1-6,21H/b22-12+. The molecule has 1 aromatic heterocycles. The van der Waals surface area contributed by atoms with Gasteiger partial charge in [0.15, 0.2) is 28.7 Å². The highest BCUT2D eigenvalue weighted by atomic mass is 19.2. The van der Waals surface area contributed by atoms with Gasteiger partial charge in [-0.15, -0.1) is 0 Å². The molecule has 1 N–H and O–H groups in total. The average Bonchev–Trinajstić information content (AvgIpc) is 3.04. The van der Waals surface area contributed by atoms with E-state index < -0.39 is 28.9 Å². The summed E-state index contributed by atoms with van der Waals surface area (Å²) in [6, 6.07) is 9.32. The van der Waals surface area contributed by atoms with Gasteiger partial charge in [-0.2, -0.15) is 10.4 Å². The first-order chi connectivity index (χ1) is 12.0. The van der Waals surface area contributed by atoms with E-state index >= 15 is 0 Å². The van der Waals surface area contributed by atoms with Crippen LogP contribution in [0.5, 0.6) is 0 Å². The lowest BCUT2D eigenvalue weighted by molar-refractivity contribution is 0.106. The summed E-state index contributed by atoms with van der Waals surface area (Å²) >= 11 is 0. The lowest BCUT2D eigenvalue weighted by Gasteiger charge is -2.02. The molecule has 0 amide bonds. The fourth-order valence-electron chi connectivity index (χ4n) is 2.03. The SMILES string of the molecule is N#C/C(=N\Nc1cc(F)c(F)c(F)c1)C(=O)c1noc2ccccc12. The van der Waals surface area contributed by atoms with Crippen LogP contribution in [0.2, 0.25) is 0 Å². The Balaban J connectivity index is 1.91. The van der Waals surface area contributed by atoms with Gasteiger partial charge in [0.1, 0.15) is 6.07 Å². The third kappa shape index (κ3) is 3.05. The second-order valence-electron chi connectivity index (χ2n) is 4.79. The summed E-state index contributed by atoms with van der Waals surface area (Å²) in [6.45, 7) is 0. The number of rotatable bonds is 4. The van der Waals surface area contributed by atoms with Crippen LogP contribution in [0.25, 0.3) is 11.0 Å². The third-order valence-electron chi connectivity index (χ3n) is 3.19. The molecule has 0 saturated heterocycles. The van der Waals surface area contributed by atoms with Crippen molar-refractivity contribution in [3.8, 4) is 6.07 Å². The van der Waals surface area contributed by atoms with Crippen molar-refractivity contribution in [2.75, 3.05) is 5.43 Å².